The Hall–Kier alpha value is -0.440. The summed E-state index contributed by atoms with van der Waals surface area (Å²) >= 11 is 0. The number of fused-ring (bicyclic) bond motifs is 1. The third-order valence-electron chi connectivity index (χ3n) is 3.00. The summed E-state index contributed by atoms with van der Waals surface area (Å²) in [6.07, 6.45) is 0.251. The summed E-state index contributed by atoms with van der Waals surface area (Å²) < 4.78 is 18.1. The molecule has 0 N–H and O–H groups in total. The molecule has 0 saturated heterocycles. The number of Topliss-reactive ketones (excluding diaryl/α,β-unsaturated/α-hetero) is 1. The van der Waals surface area contributed by atoms with E-state index in [0.29, 0.717) is 6.42 Å². The molecule has 0 aliphatic heterocycles. The van der Waals surface area contributed by atoms with E-state index < -0.39 is 5.67 Å². The van der Waals surface area contributed by atoms with Gasteiger partial charge in [-0.05, 0) is 13.3 Å². The van der Waals surface area contributed by atoms with Crippen molar-refractivity contribution in [3.05, 3.63) is 0 Å². The van der Waals surface area contributed by atoms with Crippen LogP contribution in [0.25, 0.3) is 0 Å². The second-order valence-electron chi connectivity index (χ2n) is 3.60. The molecular weight excluding hydrogens is 147 g/mol. The molecular formula is C8H11FO2. The highest BCUT2D eigenvalue weighted by Gasteiger charge is 2.71. The van der Waals surface area contributed by atoms with Crippen LogP contribution in [0.5, 0.6) is 0 Å². The van der Waals surface area contributed by atoms with Crippen molar-refractivity contribution < 1.29 is 13.9 Å². The molecule has 0 amide bonds. The van der Waals surface area contributed by atoms with Crippen LogP contribution in [0.15, 0.2) is 0 Å². The Morgan fingerprint density at radius 1 is 1.73 bits per heavy atom. The van der Waals surface area contributed by atoms with Crippen LogP contribution in [0.3, 0.4) is 0 Å². The Balaban J connectivity index is 2.12. The highest BCUT2D eigenvalue weighted by Crippen LogP contribution is 2.61. The lowest BCUT2D eigenvalue weighted by Gasteiger charge is -2.11. The largest absolute Gasteiger partial charge is 0.374 e. The van der Waals surface area contributed by atoms with Crippen molar-refractivity contribution in [1.29, 1.82) is 0 Å². The summed E-state index contributed by atoms with van der Waals surface area (Å²) in [6, 6.07) is 0. The zero-order valence-corrected chi connectivity index (χ0v) is 6.63. The highest BCUT2D eigenvalue weighted by atomic mass is 19.1. The molecule has 3 heteroatoms. The fourth-order valence-electron chi connectivity index (χ4n) is 2.17. The van der Waals surface area contributed by atoms with Crippen LogP contribution in [-0.4, -0.2) is 24.7 Å². The molecule has 4 atom stereocenters. The van der Waals surface area contributed by atoms with Gasteiger partial charge in [-0.15, -0.1) is 0 Å². The maximum absolute atomic E-state index is 13.2. The van der Waals surface area contributed by atoms with Crippen molar-refractivity contribution in [3.8, 4) is 0 Å². The van der Waals surface area contributed by atoms with Crippen LogP contribution in [0.4, 0.5) is 4.39 Å². The number of rotatable bonds is 1. The van der Waals surface area contributed by atoms with E-state index >= 15 is 0 Å². The van der Waals surface area contributed by atoms with Crippen molar-refractivity contribution in [1.82, 2.24) is 0 Å². The minimum Gasteiger partial charge on any atom is -0.374 e. The molecule has 2 aliphatic carbocycles. The van der Waals surface area contributed by atoms with Crippen LogP contribution in [-0.2, 0) is 9.53 Å². The van der Waals surface area contributed by atoms with Crippen LogP contribution in [0.2, 0.25) is 0 Å². The third kappa shape index (κ3) is 0.719. The van der Waals surface area contributed by atoms with Gasteiger partial charge in [0.1, 0.15) is 11.8 Å². The summed E-state index contributed by atoms with van der Waals surface area (Å²) in [4.78, 5) is 11.2. The molecule has 0 heterocycles. The van der Waals surface area contributed by atoms with Gasteiger partial charge in [0.15, 0.2) is 5.78 Å². The van der Waals surface area contributed by atoms with Gasteiger partial charge in [-0.25, -0.2) is 4.39 Å². The minimum absolute atomic E-state index is 0.0394. The first-order chi connectivity index (χ1) is 5.09. The number of ether oxygens (including phenoxy) is 1. The van der Waals surface area contributed by atoms with Crippen molar-refractivity contribution >= 4 is 5.78 Å². The van der Waals surface area contributed by atoms with E-state index in [1.54, 1.807) is 0 Å². The molecule has 0 aromatic rings. The van der Waals surface area contributed by atoms with E-state index in [0.717, 1.165) is 0 Å². The topological polar surface area (TPSA) is 26.3 Å². The number of carbonyl (C=O) groups excluding carboxylic acids is 1. The Kier molecular flexibility index (Phi) is 1.20. The molecule has 0 aromatic carbocycles. The van der Waals surface area contributed by atoms with Gasteiger partial charge in [-0.2, -0.15) is 0 Å². The summed E-state index contributed by atoms with van der Waals surface area (Å²) in [6.45, 7) is 1.51. The van der Waals surface area contributed by atoms with E-state index in [1.165, 1.54) is 14.0 Å². The first kappa shape index (κ1) is 7.22. The number of ketones is 1. The highest BCUT2D eigenvalue weighted by molar-refractivity contribution is 5.93. The molecule has 0 aromatic heterocycles. The van der Waals surface area contributed by atoms with Crippen LogP contribution < -0.4 is 0 Å². The van der Waals surface area contributed by atoms with Gasteiger partial charge in [0, 0.05) is 13.0 Å². The molecule has 0 spiro atoms. The summed E-state index contributed by atoms with van der Waals surface area (Å²) in [5.74, 6) is -0.449. The summed E-state index contributed by atoms with van der Waals surface area (Å²) in [5.41, 5.74) is -1.22. The molecule has 2 nitrogen and oxygen atoms in total. The molecule has 0 radical (unpaired) electrons. The standard InChI is InChI=1S/C8H11FO2/c1-8(9)4-3-5(11-2)7(10)6(4)8/h4-6H,3H2,1-2H3/t4?,5-,6?,8-/m1/s1. The second-order valence-corrected chi connectivity index (χ2v) is 3.60. The van der Waals surface area contributed by atoms with Crippen molar-refractivity contribution in [3.63, 3.8) is 0 Å². The normalized spacial score (nSPS) is 54.5. The van der Waals surface area contributed by atoms with Gasteiger partial charge in [-0.1, -0.05) is 0 Å². The molecule has 0 bridgehead atoms. The quantitative estimate of drug-likeness (QED) is 0.568. The van der Waals surface area contributed by atoms with Crippen molar-refractivity contribution in [2.75, 3.05) is 7.11 Å². The second kappa shape index (κ2) is 1.83. The van der Waals surface area contributed by atoms with Crippen LogP contribution >= 0.6 is 0 Å². The maximum Gasteiger partial charge on any atom is 0.168 e. The van der Waals surface area contributed by atoms with E-state index in [9.17, 15) is 9.18 Å². The molecule has 2 aliphatic rings. The van der Waals surface area contributed by atoms with Gasteiger partial charge < -0.3 is 4.74 Å². The molecule has 2 unspecified atom stereocenters. The number of carbonyl (C=O) groups is 1. The van der Waals surface area contributed by atoms with E-state index in [1.807, 2.05) is 0 Å². The number of hydrogen-bond acceptors (Lipinski definition) is 2. The lowest BCUT2D eigenvalue weighted by atomic mass is 10.1. The Morgan fingerprint density at radius 3 is 2.73 bits per heavy atom. The fourth-order valence-corrected chi connectivity index (χ4v) is 2.17. The summed E-state index contributed by atoms with van der Waals surface area (Å²) in [7, 11) is 1.50. The predicted molar refractivity (Wildman–Crippen MR) is 36.9 cm³/mol. The van der Waals surface area contributed by atoms with Gasteiger partial charge in [0.2, 0.25) is 0 Å². The van der Waals surface area contributed by atoms with Crippen LogP contribution in [0.1, 0.15) is 13.3 Å². The predicted octanol–water partition coefficient (Wildman–Crippen LogP) is 0.948. The van der Waals surface area contributed by atoms with Crippen molar-refractivity contribution in [2.24, 2.45) is 11.8 Å². The molecule has 2 fully saturated rings. The van der Waals surface area contributed by atoms with E-state index in [-0.39, 0.29) is 23.7 Å². The van der Waals surface area contributed by atoms with Crippen LogP contribution in [0, 0.1) is 11.8 Å². The van der Waals surface area contributed by atoms with Gasteiger partial charge in [0.25, 0.3) is 0 Å². The Morgan fingerprint density at radius 2 is 2.36 bits per heavy atom. The first-order valence-corrected chi connectivity index (χ1v) is 3.84. The number of methoxy groups -OCH3 is 1. The SMILES string of the molecule is CO[C@@H]1CC2C(C1=O)[C@]2(C)F. The maximum atomic E-state index is 13.2. The minimum atomic E-state index is -1.22. The van der Waals surface area contributed by atoms with Gasteiger partial charge in [0.05, 0.1) is 5.92 Å². The van der Waals surface area contributed by atoms with Crippen molar-refractivity contribution in [2.45, 2.75) is 25.1 Å². The lowest BCUT2D eigenvalue weighted by Crippen LogP contribution is -2.25. The monoisotopic (exact) mass is 158 g/mol. The number of halogens is 1. The third-order valence-corrected chi connectivity index (χ3v) is 3.00. The fraction of sp³-hybridized carbons (Fsp3) is 0.875. The smallest absolute Gasteiger partial charge is 0.168 e. The Bertz CT molecular complexity index is 212. The lowest BCUT2D eigenvalue weighted by molar-refractivity contribution is -0.129. The average molecular weight is 158 g/mol. The Labute approximate surface area is 64.7 Å². The zero-order chi connectivity index (χ0) is 8.22. The first-order valence-electron chi connectivity index (χ1n) is 3.84. The number of alkyl halides is 1. The van der Waals surface area contributed by atoms with E-state index in [4.69, 9.17) is 4.74 Å². The molecule has 62 valence electrons. The van der Waals surface area contributed by atoms with Gasteiger partial charge in [-0.3, -0.25) is 4.79 Å². The molecule has 2 saturated carbocycles. The number of hydrogen-bond donors (Lipinski definition) is 0. The zero-order valence-electron chi connectivity index (χ0n) is 6.63. The van der Waals surface area contributed by atoms with E-state index in [2.05, 4.69) is 0 Å². The average Bonchev–Trinajstić information content (AvgIpc) is 2.34. The molecule has 2 rings (SSSR count). The molecule has 11 heavy (non-hydrogen) atoms. The van der Waals surface area contributed by atoms with Gasteiger partial charge >= 0.3 is 0 Å². The summed E-state index contributed by atoms with van der Waals surface area (Å²) in [5, 5.41) is 0.